The predicted molar refractivity (Wildman–Crippen MR) is 93.2 cm³/mol. The molecule has 1 aliphatic rings. The molecule has 1 fully saturated rings. The Morgan fingerprint density at radius 3 is 2.92 bits per heavy atom. The summed E-state index contributed by atoms with van der Waals surface area (Å²) in [6, 6.07) is 9.97. The average Bonchev–Trinajstić information content (AvgIpc) is 3.10. The molecule has 7 heteroatoms. The van der Waals surface area contributed by atoms with Crippen LogP contribution in [0.15, 0.2) is 42.6 Å². The summed E-state index contributed by atoms with van der Waals surface area (Å²) in [6.07, 6.45) is 3.26. The van der Waals surface area contributed by atoms with Gasteiger partial charge in [0.2, 0.25) is 0 Å². The molecule has 2 N–H and O–H groups in total. The van der Waals surface area contributed by atoms with Crippen molar-refractivity contribution in [2.24, 2.45) is 0 Å². The smallest absolute Gasteiger partial charge is 0.151 e. The Hall–Kier alpha value is -2.25. The van der Waals surface area contributed by atoms with Crippen molar-refractivity contribution in [1.82, 2.24) is 15.5 Å². The van der Waals surface area contributed by atoms with E-state index in [0.717, 1.165) is 31.7 Å². The number of aliphatic hydroxyl groups is 1. The molecule has 0 unspecified atom stereocenters. The van der Waals surface area contributed by atoms with Crippen molar-refractivity contribution >= 4 is 5.82 Å². The SMILES string of the molecule is O[C@@H](CNC[C@@H]1CCCN1c1cccnn1)COc1ccc(F)cc1. The maximum atomic E-state index is 12.8. The van der Waals surface area contributed by atoms with Gasteiger partial charge >= 0.3 is 0 Å². The van der Waals surface area contributed by atoms with E-state index in [1.165, 1.54) is 12.1 Å². The number of benzene rings is 1. The summed E-state index contributed by atoms with van der Waals surface area (Å²) in [7, 11) is 0. The first-order chi connectivity index (χ1) is 12.2. The number of halogens is 1. The summed E-state index contributed by atoms with van der Waals surface area (Å²) in [5, 5.41) is 21.4. The molecule has 3 rings (SSSR count). The molecule has 0 radical (unpaired) electrons. The maximum absolute atomic E-state index is 12.8. The van der Waals surface area contributed by atoms with E-state index in [1.54, 1.807) is 18.3 Å². The van der Waals surface area contributed by atoms with Crippen LogP contribution in [0.3, 0.4) is 0 Å². The van der Waals surface area contributed by atoms with Crippen LogP contribution < -0.4 is 15.0 Å². The number of hydrogen-bond acceptors (Lipinski definition) is 6. The van der Waals surface area contributed by atoms with Gasteiger partial charge < -0.3 is 20.1 Å². The van der Waals surface area contributed by atoms with Crippen LogP contribution in [0.2, 0.25) is 0 Å². The molecule has 1 saturated heterocycles. The molecule has 0 bridgehead atoms. The highest BCUT2D eigenvalue weighted by atomic mass is 19.1. The van der Waals surface area contributed by atoms with Gasteiger partial charge in [0.05, 0.1) is 0 Å². The van der Waals surface area contributed by atoms with Crippen LogP contribution >= 0.6 is 0 Å². The van der Waals surface area contributed by atoms with Gasteiger partial charge in [0, 0.05) is 31.9 Å². The molecule has 2 atom stereocenters. The molecule has 25 heavy (non-hydrogen) atoms. The zero-order chi connectivity index (χ0) is 17.5. The molecule has 0 aliphatic carbocycles. The van der Waals surface area contributed by atoms with E-state index in [-0.39, 0.29) is 12.4 Å². The third-order valence-corrected chi connectivity index (χ3v) is 4.25. The van der Waals surface area contributed by atoms with Gasteiger partial charge in [0.1, 0.15) is 24.3 Å². The van der Waals surface area contributed by atoms with Crippen molar-refractivity contribution in [3.05, 3.63) is 48.4 Å². The van der Waals surface area contributed by atoms with Gasteiger partial charge in [-0.1, -0.05) is 0 Å². The maximum Gasteiger partial charge on any atom is 0.151 e. The molecule has 2 aromatic rings. The minimum Gasteiger partial charge on any atom is -0.491 e. The highest BCUT2D eigenvalue weighted by Crippen LogP contribution is 2.22. The normalized spacial score (nSPS) is 18.3. The predicted octanol–water partition coefficient (Wildman–Crippen LogP) is 1.61. The molecule has 0 amide bonds. The van der Waals surface area contributed by atoms with E-state index in [2.05, 4.69) is 20.4 Å². The van der Waals surface area contributed by atoms with Crippen molar-refractivity contribution in [1.29, 1.82) is 0 Å². The molecular weight excluding hydrogens is 323 g/mol. The van der Waals surface area contributed by atoms with Gasteiger partial charge in [-0.05, 0) is 49.2 Å². The second kappa shape index (κ2) is 8.73. The molecule has 1 aromatic carbocycles. The molecular formula is C18H23FN4O2. The molecule has 1 aromatic heterocycles. The van der Waals surface area contributed by atoms with Crippen molar-refractivity contribution in [2.45, 2.75) is 25.0 Å². The van der Waals surface area contributed by atoms with Crippen LogP contribution in [-0.4, -0.2) is 53.7 Å². The lowest BCUT2D eigenvalue weighted by Crippen LogP contribution is -2.41. The molecule has 2 heterocycles. The molecule has 0 spiro atoms. The topological polar surface area (TPSA) is 70.5 Å². The zero-order valence-corrected chi connectivity index (χ0v) is 14.0. The van der Waals surface area contributed by atoms with E-state index in [1.807, 2.05) is 12.1 Å². The largest absolute Gasteiger partial charge is 0.491 e. The number of rotatable bonds is 8. The first-order valence-electron chi connectivity index (χ1n) is 8.54. The Kier molecular flexibility index (Phi) is 6.14. The standard InChI is InChI=1S/C18H23FN4O2/c19-14-5-7-17(8-6-14)25-13-16(24)12-20-11-15-3-2-10-23(15)18-4-1-9-21-22-18/h1,4-9,15-16,20,24H,2-3,10-13H2/t15-,16-/m0/s1. The van der Waals surface area contributed by atoms with Crippen LogP contribution in [0.5, 0.6) is 5.75 Å². The lowest BCUT2D eigenvalue weighted by Gasteiger charge is -2.26. The first kappa shape index (κ1) is 17.6. The van der Waals surface area contributed by atoms with Crippen LogP contribution in [0.1, 0.15) is 12.8 Å². The lowest BCUT2D eigenvalue weighted by atomic mass is 10.2. The van der Waals surface area contributed by atoms with Crippen LogP contribution in [-0.2, 0) is 0 Å². The highest BCUT2D eigenvalue weighted by molar-refractivity contribution is 5.39. The van der Waals surface area contributed by atoms with Gasteiger partial charge in [-0.2, -0.15) is 5.10 Å². The second-order valence-electron chi connectivity index (χ2n) is 6.15. The minimum atomic E-state index is -0.628. The van der Waals surface area contributed by atoms with Crippen molar-refractivity contribution in [2.75, 3.05) is 31.1 Å². The van der Waals surface area contributed by atoms with Gasteiger partial charge in [-0.25, -0.2) is 4.39 Å². The summed E-state index contributed by atoms with van der Waals surface area (Å²) < 4.78 is 18.3. The van der Waals surface area contributed by atoms with Crippen LogP contribution in [0.4, 0.5) is 10.2 Å². The fourth-order valence-electron chi connectivity index (χ4n) is 2.99. The van der Waals surface area contributed by atoms with E-state index in [9.17, 15) is 9.50 Å². The van der Waals surface area contributed by atoms with Crippen LogP contribution in [0.25, 0.3) is 0 Å². The summed E-state index contributed by atoms with van der Waals surface area (Å²) in [5.41, 5.74) is 0. The Morgan fingerprint density at radius 2 is 2.16 bits per heavy atom. The van der Waals surface area contributed by atoms with Crippen molar-refractivity contribution < 1.29 is 14.2 Å². The fourth-order valence-corrected chi connectivity index (χ4v) is 2.99. The highest BCUT2D eigenvalue weighted by Gasteiger charge is 2.25. The van der Waals surface area contributed by atoms with E-state index < -0.39 is 6.10 Å². The molecule has 1 aliphatic heterocycles. The van der Waals surface area contributed by atoms with Gasteiger partial charge in [-0.3, -0.25) is 0 Å². The molecule has 134 valence electrons. The van der Waals surface area contributed by atoms with Crippen molar-refractivity contribution in [3.63, 3.8) is 0 Å². The van der Waals surface area contributed by atoms with Gasteiger partial charge in [0.25, 0.3) is 0 Å². The van der Waals surface area contributed by atoms with E-state index in [0.29, 0.717) is 18.3 Å². The van der Waals surface area contributed by atoms with Gasteiger partial charge in [-0.15, -0.1) is 5.10 Å². The minimum absolute atomic E-state index is 0.164. The quantitative estimate of drug-likeness (QED) is 0.757. The lowest BCUT2D eigenvalue weighted by molar-refractivity contribution is 0.106. The molecule has 0 saturated carbocycles. The number of nitrogens with zero attached hydrogens (tertiary/aromatic N) is 3. The Morgan fingerprint density at radius 1 is 1.32 bits per heavy atom. The van der Waals surface area contributed by atoms with Crippen LogP contribution in [0, 0.1) is 5.82 Å². The Labute approximate surface area is 146 Å². The third kappa shape index (κ3) is 5.11. The first-order valence-corrected chi connectivity index (χ1v) is 8.54. The number of aliphatic hydroxyl groups excluding tert-OH is 1. The second-order valence-corrected chi connectivity index (χ2v) is 6.15. The fraction of sp³-hybridized carbons (Fsp3) is 0.444. The average molecular weight is 346 g/mol. The third-order valence-electron chi connectivity index (χ3n) is 4.25. The summed E-state index contributed by atoms with van der Waals surface area (Å²) in [5.74, 6) is 1.14. The number of aromatic nitrogens is 2. The van der Waals surface area contributed by atoms with E-state index in [4.69, 9.17) is 4.74 Å². The number of anilines is 1. The summed E-state index contributed by atoms with van der Waals surface area (Å²) >= 11 is 0. The zero-order valence-electron chi connectivity index (χ0n) is 14.0. The monoisotopic (exact) mass is 346 g/mol. The Bertz CT molecular complexity index is 641. The number of hydrogen-bond donors (Lipinski definition) is 2. The van der Waals surface area contributed by atoms with Crippen molar-refractivity contribution in [3.8, 4) is 5.75 Å². The number of ether oxygens (including phenoxy) is 1. The van der Waals surface area contributed by atoms with Gasteiger partial charge in [0.15, 0.2) is 5.82 Å². The number of nitrogens with one attached hydrogen (secondary N) is 1. The summed E-state index contributed by atoms with van der Waals surface area (Å²) in [6.45, 7) is 2.34. The summed E-state index contributed by atoms with van der Waals surface area (Å²) in [4.78, 5) is 2.25. The Balaban J connectivity index is 1.39. The van der Waals surface area contributed by atoms with E-state index >= 15 is 0 Å². The molecule has 6 nitrogen and oxygen atoms in total.